The van der Waals surface area contributed by atoms with Crippen molar-refractivity contribution in [3.8, 4) is 6.07 Å². The molecule has 4 heterocycles. The minimum Gasteiger partial charge on any atom is -0.365 e. The largest absolute Gasteiger partial charge is 0.365 e. The van der Waals surface area contributed by atoms with E-state index in [-0.39, 0.29) is 6.04 Å². The quantitative estimate of drug-likeness (QED) is 0.296. The summed E-state index contributed by atoms with van der Waals surface area (Å²) in [5.74, 6) is -0.523. The summed E-state index contributed by atoms with van der Waals surface area (Å²) in [5.41, 5.74) is 13.3. The van der Waals surface area contributed by atoms with Gasteiger partial charge in [-0.2, -0.15) is 10.5 Å². The summed E-state index contributed by atoms with van der Waals surface area (Å²) in [6, 6.07) is 5.92. The standard InChI is InChI=1S/C24H27N9O2S2/c1-13(33-8-2-3-16(33)11-25)12-28-7-6-24(23-29-31-32-30-23)19-14(9-17(36-19)21(26)34)4-5-15-10-18(22(27)35)37-20(15)24/h9-10,16,28H,1-8,12H2,(H2,26,34)(H2,27,35)(H,29,30,31,32). The van der Waals surface area contributed by atoms with Gasteiger partial charge in [0.05, 0.1) is 15.8 Å². The maximum absolute atomic E-state index is 12.1. The highest BCUT2D eigenvalue weighted by Gasteiger charge is 2.47. The lowest BCUT2D eigenvalue weighted by Crippen LogP contribution is -2.37. The number of aromatic amines is 1. The molecule has 0 spiro atoms. The lowest BCUT2D eigenvalue weighted by molar-refractivity contribution is 0.0995. The maximum atomic E-state index is 12.1. The molecule has 1 unspecified atom stereocenters. The number of fused-ring (bicyclic) bond motifs is 2. The Morgan fingerprint density at radius 1 is 1.22 bits per heavy atom. The molecule has 1 aliphatic carbocycles. The Labute approximate surface area is 221 Å². The molecule has 3 aromatic rings. The number of carbonyl (C=O) groups is 2. The molecule has 0 aromatic carbocycles. The van der Waals surface area contributed by atoms with Gasteiger partial charge in [-0.3, -0.25) is 9.59 Å². The molecule has 5 rings (SSSR count). The molecule has 11 nitrogen and oxygen atoms in total. The van der Waals surface area contributed by atoms with E-state index in [1.54, 1.807) is 0 Å². The van der Waals surface area contributed by atoms with Crippen LogP contribution in [-0.4, -0.2) is 63.0 Å². The van der Waals surface area contributed by atoms with Crippen LogP contribution in [0.15, 0.2) is 24.4 Å². The number of thiophene rings is 2. The Morgan fingerprint density at radius 3 is 2.41 bits per heavy atom. The van der Waals surface area contributed by atoms with Gasteiger partial charge in [0, 0.05) is 28.5 Å². The SMILES string of the molecule is C=C(CNCCC1(c2nn[nH]n2)c2sc(C(N)=O)cc2CCc2cc(C(N)=O)sc21)N1CCCC1C#N. The highest BCUT2D eigenvalue weighted by atomic mass is 32.1. The number of amides is 2. The molecule has 0 bridgehead atoms. The molecule has 2 aliphatic rings. The van der Waals surface area contributed by atoms with E-state index >= 15 is 0 Å². The van der Waals surface area contributed by atoms with E-state index in [0.29, 0.717) is 47.9 Å². The number of H-pyrrole nitrogens is 1. The first-order chi connectivity index (χ1) is 17.8. The number of hydrogen-bond donors (Lipinski definition) is 4. The molecule has 2 amide bonds. The molecule has 1 fully saturated rings. The van der Waals surface area contributed by atoms with Crippen molar-refractivity contribution in [2.75, 3.05) is 19.6 Å². The second-order valence-electron chi connectivity index (χ2n) is 9.27. The van der Waals surface area contributed by atoms with Gasteiger partial charge in [-0.15, -0.1) is 32.9 Å². The first kappa shape index (κ1) is 25.1. The average Bonchev–Trinajstić information content (AvgIpc) is 3.68. The number of aryl methyl sites for hydroxylation is 2. The van der Waals surface area contributed by atoms with E-state index in [0.717, 1.165) is 46.0 Å². The monoisotopic (exact) mass is 537 g/mol. The van der Waals surface area contributed by atoms with Crippen molar-refractivity contribution in [2.24, 2.45) is 11.5 Å². The molecular weight excluding hydrogens is 510 g/mol. The average molecular weight is 538 g/mol. The van der Waals surface area contributed by atoms with Crippen LogP contribution in [0, 0.1) is 11.3 Å². The molecule has 0 radical (unpaired) electrons. The summed E-state index contributed by atoms with van der Waals surface area (Å²) in [4.78, 5) is 29.1. The van der Waals surface area contributed by atoms with Crippen LogP contribution in [0.1, 0.15) is 65.3 Å². The highest BCUT2D eigenvalue weighted by molar-refractivity contribution is 7.16. The van der Waals surface area contributed by atoms with Crippen molar-refractivity contribution in [1.82, 2.24) is 30.8 Å². The van der Waals surface area contributed by atoms with Crippen LogP contribution < -0.4 is 16.8 Å². The van der Waals surface area contributed by atoms with Gasteiger partial charge in [0.15, 0.2) is 5.82 Å². The molecule has 13 heteroatoms. The topological polar surface area (TPSA) is 180 Å². The van der Waals surface area contributed by atoms with Crippen molar-refractivity contribution in [1.29, 1.82) is 5.26 Å². The predicted molar refractivity (Wildman–Crippen MR) is 139 cm³/mol. The van der Waals surface area contributed by atoms with E-state index in [1.807, 2.05) is 12.1 Å². The Morgan fingerprint density at radius 2 is 1.86 bits per heavy atom. The summed E-state index contributed by atoms with van der Waals surface area (Å²) < 4.78 is 0. The number of hydrogen-bond acceptors (Lipinski definition) is 10. The van der Waals surface area contributed by atoms with E-state index < -0.39 is 17.2 Å². The van der Waals surface area contributed by atoms with Crippen LogP contribution in [-0.2, 0) is 18.3 Å². The number of carbonyl (C=O) groups excluding carboxylic acids is 2. The van der Waals surface area contributed by atoms with Gasteiger partial charge < -0.3 is 21.7 Å². The Bertz CT molecular complexity index is 1330. The van der Waals surface area contributed by atoms with E-state index in [4.69, 9.17) is 11.5 Å². The highest BCUT2D eigenvalue weighted by Crippen LogP contribution is 2.51. The van der Waals surface area contributed by atoms with Crippen molar-refractivity contribution in [3.05, 3.63) is 60.9 Å². The summed E-state index contributed by atoms with van der Waals surface area (Å²) >= 11 is 2.67. The molecule has 1 saturated heterocycles. The Hall–Kier alpha value is -3.60. The molecular formula is C24H27N9O2S2. The molecule has 37 heavy (non-hydrogen) atoms. The summed E-state index contributed by atoms with van der Waals surface area (Å²) in [7, 11) is 0. The molecule has 3 aromatic heterocycles. The maximum Gasteiger partial charge on any atom is 0.258 e. The second-order valence-corrected chi connectivity index (χ2v) is 11.4. The summed E-state index contributed by atoms with van der Waals surface area (Å²) in [6.07, 6.45) is 3.71. The third-order valence-corrected chi connectivity index (χ3v) is 9.79. The van der Waals surface area contributed by atoms with Crippen LogP contribution in [0.3, 0.4) is 0 Å². The van der Waals surface area contributed by atoms with Crippen molar-refractivity contribution >= 4 is 34.5 Å². The number of tetrazole rings is 1. The number of rotatable bonds is 9. The van der Waals surface area contributed by atoms with Crippen LogP contribution in [0.25, 0.3) is 0 Å². The predicted octanol–water partition coefficient (Wildman–Crippen LogP) is 1.43. The van der Waals surface area contributed by atoms with Gasteiger partial charge in [-0.1, -0.05) is 11.8 Å². The van der Waals surface area contributed by atoms with E-state index in [1.165, 1.54) is 22.7 Å². The van der Waals surface area contributed by atoms with Crippen LogP contribution in [0.4, 0.5) is 0 Å². The van der Waals surface area contributed by atoms with Gasteiger partial charge in [0.25, 0.3) is 11.8 Å². The zero-order valence-corrected chi connectivity index (χ0v) is 21.8. The van der Waals surface area contributed by atoms with Gasteiger partial charge in [-0.25, -0.2) is 0 Å². The first-order valence-electron chi connectivity index (χ1n) is 12.0. The summed E-state index contributed by atoms with van der Waals surface area (Å²) in [5, 5.41) is 28.1. The summed E-state index contributed by atoms with van der Waals surface area (Å²) in [6.45, 7) is 6.09. The van der Waals surface area contributed by atoms with Crippen LogP contribution in [0.2, 0.25) is 0 Å². The molecule has 6 N–H and O–H groups in total. The lowest BCUT2D eigenvalue weighted by Gasteiger charge is -2.31. The molecule has 1 atom stereocenters. The molecule has 192 valence electrons. The van der Waals surface area contributed by atoms with Crippen molar-refractivity contribution in [3.63, 3.8) is 0 Å². The molecule has 1 aliphatic heterocycles. The minimum atomic E-state index is -0.859. The van der Waals surface area contributed by atoms with Gasteiger partial charge >= 0.3 is 0 Å². The first-order valence-corrected chi connectivity index (χ1v) is 13.6. The van der Waals surface area contributed by atoms with Gasteiger partial charge in [0.1, 0.15) is 11.5 Å². The number of nitrogens with two attached hydrogens (primary N) is 2. The fraction of sp³-hybridized carbons (Fsp3) is 0.417. The zero-order valence-electron chi connectivity index (χ0n) is 20.1. The van der Waals surface area contributed by atoms with E-state index in [9.17, 15) is 14.9 Å². The number of primary amides is 2. The fourth-order valence-corrected chi connectivity index (χ4v) is 7.97. The minimum absolute atomic E-state index is 0.136. The third kappa shape index (κ3) is 4.41. The number of nitrogens with zero attached hydrogens (tertiary/aromatic N) is 5. The third-order valence-electron chi connectivity index (χ3n) is 7.08. The second kappa shape index (κ2) is 10.0. The molecule has 0 saturated carbocycles. The number of aromatic nitrogens is 4. The van der Waals surface area contributed by atoms with Crippen molar-refractivity contribution in [2.45, 2.75) is 43.6 Å². The van der Waals surface area contributed by atoms with Gasteiger partial charge in [-0.05, 0) is 61.9 Å². The number of nitriles is 1. The normalized spacial score (nSPS) is 18.0. The lowest BCUT2D eigenvalue weighted by atomic mass is 9.78. The van der Waals surface area contributed by atoms with Crippen molar-refractivity contribution < 1.29 is 9.59 Å². The Balaban J connectivity index is 1.52. The fourth-order valence-electron chi connectivity index (χ4n) is 5.34. The Kier molecular flexibility index (Phi) is 6.80. The zero-order chi connectivity index (χ0) is 26.2. The smallest absolute Gasteiger partial charge is 0.258 e. The van der Waals surface area contributed by atoms with Crippen LogP contribution >= 0.6 is 22.7 Å². The number of likely N-dealkylation sites (tertiary alicyclic amines) is 1. The van der Waals surface area contributed by atoms with Crippen LogP contribution in [0.5, 0.6) is 0 Å². The van der Waals surface area contributed by atoms with E-state index in [2.05, 4.69) is 43.5 Å². The van der Waals surface area contributed by atoms with Gasteiger partial charge in [0.2, 0.25) is 0 Å². The number of nitrogens with one attached hydrogen (secondary N) is 2.